The molecule has 0 unspecified atom stereocenters. The van der Waals surface area contributed by atoms with Crippen molar-refractivity contribution in [2.24, 2.45) is 5.16 Å². The Labute approximate surface area is 127 Å². The van der Waals surface area contributed by atoms with E-state index in [1.54, 1.807) is 12.2 Å². The second kappa shape index (κ2) is 6.16. The molecule has 0 bridgehead atoms. The van der Waals surface area contributed by atoms with Gasteiger partial charge in [-0.15, -0.1) is 0 Å². The van der Waals surface area contributed by atoms with Crippen LogP contribution in [0.3, 0.4) is 0 Å². The first-order valence-corrected chi connectivity index (χ1v) is 8.57. The third-order valence-electron chi connectivity index (χ3n) is 2.63. The van der Waals surface area contributed by atoms with Crippen LogP contribution in [0.2, 0.25) is 0 Å². The topological polar surface area (TPSA) is 79.5 Å². The molecule has 5 nitrogen and oxygen atoms in total. The highest BCUT2D eigenvalue weighted by atomic mass is 32.2. The summed E-state index contributed by atoms with van der Waals surface area (Å²) in [6.07, 6.45) is 4.26. The monoisotopic (exact) mass is 320 g/mol. The van der Waals surface area contributed by atoms with Crippen LogP contribution >= 0.6 is 11.8 Å². The highest BCUT2D eigenvalue weighted by Gasteiger charge is 2.17. The van der Waals surface area contributed by atoms with Crippen LogP contribution in [0, 0.1) is 18.3 Å². The number of benzene rings is 1. The average Bonchev–Trinajstić information content (AvgIpc) is 2.87. The smallest absolute Gasteiger partial charge is 0.268 e. The zero-order valence-electron chi connectivity index (χ0n) is 11.4. The maximum atomic E-state index is 10.9. The molecule has 0 saturated carbocycles. The Balaban J connectivity index is 2.32. The largest absolute Gasteiger partial charge is 0.325 e. The summed E-state index contributed by atoms with van der Waals surface area (Å²) in [5.41, 5.74) is 2.37. The van der Waals surface area contributed by atoms with E-state index in [0.29, 0.717) is 15.5 Å². The minimum Gasteiger partial charge on any atom is -0.268 e. The lowest BCUT2D eigenvalue weighted by Gasteiger charge is -2.05. The van der Waals surface area contributed by atoms with Gasteiger partial charge in [-0.05, 0) is 30.2 Å². The van der Waals surface area contributed by atoms with E-state index in [-0.39, 0.29) is 0 Å². The molecule has 1 aliphatic heterocycles. The molecule has 1 aromatic carbocycles. The number of hydrogen-bond donors (Lipinski definition) is 0. The van der Waals surface area contributed by atoms with Gasteiger partial charge in [-0.1, -0.05) is 41.2 Å². The Morgan fingerprint density at radius 3 is 2.67 bits per heavy atom. The molecular formula is C14H12N2O3S2. The summed E-state index contributed by atoms with van der Waals surface area (Å²) in [7, 11) is -3.63. The van der Waals surface area contributed by atoms with Crippen LogP contribution in [0.15, 0.2) is 46.5 Å². The van der Waals surface area contributed by atoms with Crippen LogP contribution < -0.4 is 0 Å². The van der Waals surface area contributed by atoms with E-state index in [0.717, 1.165) is 17.4 Å². The molecule has 0 aromatic heterocycles. The van der Waals surface area contributed by atoms with Gasteiger partial charge in [0.25, 0.3) is 0 Å². The van der Waals surface area contributed by atoms with Gasteiger partial charge in [0, 0.05) is 4.91 Å². The quantitative estimate of drug-likeness (QED) is 0.632. The minimum absolute atomic E-state index is 0.386. The maximum absolute atomic E-state index is 10.9. The fraction of sp³-hybridized carbons (Fsp3) is 0.143. The van der Waals surface area contributed by atoms with Crippen molar-refractivity contribution in [3.63, 3.8) is 0 Å². The number of nitriles is 1. The molecule has 0 saturated heterocycles. The molecule has 2 rings (SSSR count). The Morgan fingerprint density at radius 2 is 2.05 bits per heavy atom. The number of aryl methyl sites for hydroxylation is 1. The molecule has 1 aromatic rings. The summed E-state index contributed by atoms with van der Waals surface area (Å²) < 4.78 is 26.2. The highest BCUT2D eigenvalue weighted by Crippen LogP contribution is 2.34. The van der Waals surface area contributed by atoms with Gasteiger partial charge in [0.05, 0.1) is 11.8 Å². The molecule has 0 spiro atoms. The molecule has 0 N–H and O–H groups in total. The third kappa shape index (κ3) is 3.97. The molecule has 7 heteroatoms. The van der Waals surface area contributed by atoms with Crippen molar-refractivity contribution in [1.82, 2.24) is 0 Å². The fourth-order valence-corrected chi connectivity index (χ4v) is 2.81. The Hall–Kier alpha value is -2.04. The van der Waals surface area contributed by atoms with Crippen molar-refractivity contribution in [2.75, 3.05) is 6.26 Å². The average molecular weight is 320 g/mol. The van der Waals surface area contributed by atoms with Crippen molar-refractivity contribution in [3.05, 3.63) is 52.4 Å². The van der Waals surface area contributed by atoms with Gasteiger partial charge >= 0.3 is 10.1 Å². The Kier molecular flexibility index (Phi) is 4.50. The molecule has 0 radical (unpaired) electrons. The Bertz CT molecular complexity index is 800. The first kappa shape index (κ1) is 15.4. The Morgan fingerprint density at radius 1 is 1.33 bits per heavy atom. The zero-order valence-corrected chi connectivity index (χ0v) is 13.0. The lowest BCUT2D eigenvalue weighted by atomic mass is 10.0. The van der Waals surface area contributed by atoms with Gasteiger partial charge in [0.1, 0.15) is 11.1 Å². The second-order valence-corrected chi connectivity index (χ2v) is 6.93. The van der Waals surface area contributed by atoms with E-state index in [9.17, 15) is 13.7 Å². The summed E-state index contributed by atoms with van der Waals surface area (Å²) in [6, 6.07) is 9.76. The van der Waals surface area contributed by atoms with E-state index >= 15 is 0 Å². The van der Waals surface area contributed by atoms with Gasteiger partial charge in [0.15, 0.2) is 0 Å². The van der Waals surface area contributed by atoms with Crippen LogP contribution in [0.1, 0.15) is 11.1 Å². The molecule has 0 aliphatic carbocycles. The summed E-state index contributed by atoms with van der Waals surface area (Å²) in [5, 5.41) is 13.3. The third-order valence-corrected chi connectivity index (χ3v) is 3.95. The summed E-state index contributed by atoms with van der Waals surface area (Å²) in [5.74, 6) is 0. The number of allylic oxidation sites excluding steroid dienone is 2. The van der Waals surface area contributed by atoms with Crippen LogP contribution in [0.5, 0.6) is 0 Å². The van der Waals surface area contributed by atoms with Gasteiger partial charge in [0.2, 0.25) is 0 Å². The molecule has 0 amide bonds. The van der Waals surface area contributed by atoms with Gasteiger partial charge in [-0.2, -0.15) is 13.7 Å². The lowest BCUT2D eigenvalue weighted by Crippen LogP contribution is -1.98. The molecule has 21 heavy (non-hydrogen) atoms. The van der Waals surface area contributed by atoms with E-state index in [2.05, 4.69) is 15.5 Å². The summed E-state index contributed by atoms with van der Waals surface area (Å²) in [4.78, 5) is 0.711. The standard InChI is InChI=1S/C14H12N2O3S2/c1-10-5-3-4-6-11(10)12(9-15)13-7-8-14(20-13)16-19-21(2,17)18/h3-8H,1-2H3/b13-12+,16-14?. The second-order valence-electron chi connectivity index (χ2n) is 4.31. The van der Waals surface area contributed by atoms with Crippen molar-refractivity contribution in [1.29, 1.82) is 5.26 Å². The predicted octanol–water partition coefficient (Wildman–Crippen LogP) is 2.82. The minimum atomic E-state index is -3.63. The number of rotatable bonds is 3. The SMILES string of the molecule is Cc1ccccc1/C(C#N)=C1\C=CC(=NOS(C)(=O)=O)S1. The molecule has 0 atom stereocenters. The van der Waals surface area contributed by atoms with Crippen molar-refractivity contribution < 1.29 is 12.7 Å². The summed E-state index contributed by atoms with van der Waals surface area (Å²) >= 11 is 1.19. The van der Waals surface area contributed by atoms with Crippen molar-refractivity contribution in [3.8, 4) is 6.07 Å². The normalized spacial score (nSPS) is 18.6. The van der Waals surface area contributed by atoms with Crippen LogP contribution in [0.4, 0.5) is 0 Å². The first-order chi connectivity index (χ1) is 9.90. The van der Waals surface area contributed by atoms with Crippen LogP contribution in [0.25, 0.3) is 5.57 Å². The number of nitrogens with zero attached hydrogens (tertiary/aromatic N) is 2. The molecule has 1 heterocycles. The maximum Gasteiger partial charge on any atom is 0.325 e. The van der Waals surface area contributed by atoms with Crippen LogP contribution in [-0.4, -0.2) is 19.7 Å². The van der Waals surface area contributed by atoms with Gasteiger partial charge in [-0.3, -0.25) is 4.28 Å². The van der Waals surface area contributed by atoms with E-state index in [1.165, 1.54) is 11.8 Å². The van der Waals surface area contributed by atoms with Crippen molar-refractivity contribution in [2.45, 2.75) is 6.92 Å². The van der Waals surface area contributed by atoms with Crippen molar-refractivity contribution >= 4 is 32.5 Å². The van der Waals surface area contributed by atoms with Gasteiger partial charge < -0.3 is 0 Å². The highest BCUT2D eigenvalue weighted by molar-refractivity contribution is 8.18. The predicted molar refractivity (Wildman–Crippen MR) is 83.8 cm³/mol. The molecule has 1 aliphatic rings. The first-order valence-electron chi connectivity index (χ1n) is 5.93. The molecular weight excluding hydrogens is 308 g/mol. The fourth-order valence-electron chi connectivity index (χ4n) is 1.72. The summed E-state index contributed by atoms with van der Waals surface area (Å²) in [6.45, 7) is 1.93. The van der Waals surface area contributed by atoms with Crippen LogP contribution in [-0.2, 0) is 14.4 Å². The van der Waals surface area contributed by atoms with E-state index in [1.807, 2.05) is 31.2 Å². The lowest BCUT2D eigenvalue weighted by molar-refractivity contribution is 0.345. The van der Waals surface area contributed by atoms with E-state index in [4.69, 9.17) is 0 Å². The number of thioether (sulfide) groups is 1. The molecule has 108 valence electrons. The zero-order chi connectivity index (χ0) is 15.5. The van der Waals surface area contributed by atoms with E-state index < -0.39 is 10.1 Å². The molecule has 0 fully saturated rings. The number of hydrogen-bond acceptors (Lipinski definition) is 6. The number of oxime groups is 1. The van der Waals surface area contributed by atoms with Gasteiger partial charge in [-0.25, -0.2) is 0 Å².